The maximum Gasteiger partial charge on any atom is 0.327 e. The van der Waals surface area contributed by atoms with E-state index < -0.39 is 0 Å². The van der Waals surface area contributed by atoms with Crippen molar-refractivity contribution >= 4 is 11.7 Å². The van der Waals surface area contributed by atoms with Crippen molar-refractivity contribution < 1.29 is 9.53 Å². The molecule has 0 amide bonds. The van der Waals surface area contributed by atoms with Crippen LogP contribution in [0.3, 0.4) is 0 Å². The van der Waals surface area contributed by atoms with E-state index in [2.05, 4.69) is 20.3 Å². The summed E-state index contributed by atoms with van der Waals surface area (Å²) in [6.07, 6.45) is 0. The lowest BCUT2D eigenvalue weighted by atomic mass is 10.2. The number of hydrogen-bond donors (Lipinski definition) is 2. The summed E-state index contributed by atoms with van der Waals surface area (Å²) < 4.78 is 4.61. The van der Waals surface area contributed by atoms with Crippen LogP contribution >= 0.6 is 0 Å². The number of nitrogens with zero attached hydrogens (tertiary/aromatic N) is 1. The predicted octanol–water partition coefficient (Wildman–Crippen LogP) is 1.000. The maximum atomic E-state index is 11.1. The number of carbonyl (C=O) groups is 1. The monoisotopic (exact) mass is 197 g/mol. The van der Waals surface area contributed by atoms with Gasteiger partial charge in [-0.15, -0.1) is 0 Å². The molecule has 1 unspecified atom stereocenters. The molecule has 0 saturated carbocycles. The molecule has 2 N–H and O–H groups in total. The van der Waals surface area contributed by atoms with E-state index in [1.807, 2.05) is 13.8 Å². The third kappa shape index (κ3) is 2.04. The van der Waals surface area contributed by atoms with Gasteiger partial charge >= 0.3 is 5.97 Å². The zero-order chi connectivity index (χ0) is 10.7. The van der Waals surface area contributed by atoms with Gasteiger partial charge in [0.25, 0.3) is 0 Å². The molecular weight excluding hydrogens is 182 g/mol. The Morgan fingerprint density at radius 2 is 2.21 bits per heavy atom. The zero-order valence-electron chi connectivity index (χ0n) is 8.84. The fourth-order valence-corrected chi connectivity index (χ4v) is 1.22. The van der Waals surface area contributed by atoms with Crippen molar-refractivity contribution in [1.82, 2.24) is 10.2 Å². The van der Waals surface area contributed by atoms with Crippen LogP contribution in [-0.2, 0) is 9.53 Å². The van der Waals surface area contributed by atoms with E-state index >= 15 is 0 Å². The minimum absolute atomic E-state index is 0.287. The molecule has 0 aliphatic heterocycles. The van der Waals surface area contributed by atoms with Crippen molar-refractivity contribution in [2.24, 2.45) is 0 Å². The first kappa shape index (κ1) is 10.6. The molecule has 1 aromatic heterocycles. The average molecular weight is 197 g/mol. The lowest BCUT2D eigenvalue weighted by Crippen LogP contribution is -2.27. The molecule has 0 aromatic carbocycles. The number of rotatable bonds is 3. The molecule has 0 spiro atoms. The molecule has 0 saturated heterocycles. The highest BCUT2D eigenvalue weighted by Gasteiger charge is 2.15. The fraction of sp³-hybridized carbons (Fsp3) is 0.556. The number of nitrogens with one attached hydrogen (secondary N) is 2. The lowest BCUT2D eigenvalue weighted by Gasteiger charge is -2.12. The zero-order valence-corrected chi connectivity index (χ0v) is 8.84. The minimum atomic E-state index is -0.366. The molecule has 0 fully saturated rings. The van der Waals surface area contributed by atoms with E-state index in [9.17, 15) is 4.79 Å². The van der Waals surface area contributed by atoms with E-state index in [0.29, 0.717) is 0 Å². The fourth-order valence-electron chi connectivity index (χ4n) is 1.22. The molecule has 14 heavy (non-hydrogen) atoms. The van der Waals surface area contributed by atoms with Gasteiger partial charge in [0.1, 0.15) is 6.04 Å². The Balaban J connectivity index is 2.73. The van der Waals surface area contributed by atoms with Gasteiger partial charge in [0.15, 0.2) is 0 Å². The lowest BCUT2D eigenvalue weighted by molar-refractivity contribution is -0.141. The number of carbonyl (C=O) groups excluding carboxylic acids is 1. The maximum absolute atomic E-state index is 11.1. The van der Waals surface area contributed by atoms with Gasteiger partial charge in [-0.1, -0.05) is 0 Å². The van der Waals surface area contributed by atoms with Crippen LogP contribution in [-0.4, -0.2) is 29.3 Å². The summed E-state index contributed by atoms with van der Waals surface area (Å²) in [6.45, 7) is 5.51. The summed E-state index contributed by atoms with van der Waals surface area (Å²) in [5, 5.41) is 9.89. The second-order valence-corrected chi connectivity index (χ2v) is 3.20. The third-order valence-electron chi connectivity index (χ3n) is 2.04. The van der Waals surface area contributed by atoms with Crippen LogP contribution in [0.1, 0.15) is 18.3 Å². The van der Waals surface area contributed by atoms with Crippen molar-refractivity contribution in [2.45, 2.75) is 26.8 Å². The summed E-state index contributed by atoms with van der Waals surface area (Å²) in [7, 11) is 1.37. The van der Waals surface area contributed by atoms with E-state index in [0.717, 1.165) is 17.1 Å². The molecule has 0 aliphatic carbocycles. The first-order valence-corrected chi connectivity index (χ1v) is 4.42. The summed E-state index contributed by atoms with van der Waals surface area (Å²) in [5.74, 6) is -0.287. The van der Waals surface area contributed by atoms with Crippen LogP contribution in [0.5, 0.6) is 0 Å². The molecule has 1 aromatic rings. The number of aromatic amines is 1. The van der Waals surface area contributed by atoms with Crippen molar-refractivity contribution in [2.75, 3.05) is 12.4 Å². The summed E-state index contributed by atoms with van der Waals surface area (Å²) in [6, 6.07) is -0.366. The van der Waals surface area contributed by atoms with Crippen molar-refractivity contribution in [3.05, 3.63) is 11.4 Å². The van der Waals surface area contributed by atoms with Gasteiger partial charge in [0.05, 0.1) is 24.2 Å². The molecule has 1 atom stereocenters. The largest absolute Gasteiger partial charge is 0.467 e. The molecule has 0 bridgehead atoms. The van der Waals surface area contributed by atoms with Crippen molar-refractivity contribution in [3.8, 4) is 0 Å². The van der Waals surface area contributed by atoms with Crippen molar-refractivity contribution in [1.29, 1.82) is 0 Å². The van der Waals surface area contributed by atoms with Gasteiger partial charge < -0.3 is 10.1 Å². The Hall–Kier alpha value is -1.52. The highest BCUT2D eigenvalue weighted by atomic mass is 16.5. The molecule has 5 nitrogen and oxygen atoms in total. The van der Waals surface area contributed by atoms with Crippen LogP contribution < -0.4 is 5.32 Å². The average Bonchev–Trinajstić information content (AvgIpc) is 2.48. The number of aryl methyl sites for hydroxylation is 2. The topological polar surface area (TPSA) is 67.0 Å². The number of methoxy groups -OCH3 is 1. The second kappa shape index (κ2) is 4.13. The number of aromatic nitrogens is 2. The second-order valence-electron chi connectivity index (χ2n) is 3.20. The number of hydrogen-bond acceptors (Lipinski definition) is 4. The quantitative estimate of drug-likeness (QED) is 0.709. The van der Waals surface area contributed by atoms with E-state index in [1.165, 1.54) is 7.11 Å². The summed E-state index contributed by atoms with van der Waals surface area (Å²) >= 11 is 0. The van der Waals surface area contributed by atoms with Crippen molar-refractivity contribution in [3.63, 3.8) is 0 Å². The third-order valence-corrected chi connectivity index (χ3v) is 2.04. The Morgan fingerprint density at radius 1 is 1.57 bits per heavy atom. The molecule has 5 heteroatoms. The smallest absolute Gasteiger partial charge is 0.327 e. The Morgan fingerprint density at radius 3 is 2.64 bits per heavy atom. The van der Waals surface area contributed by atoms with E-state index in [1.54, 1.807) is 6.92 Å². The number of esters is 1. The molecule has 0 aliphatic rings. The highest BCUT2D eigenvalue weighted by molar-refractivity contribution is 5.79. The normalized spacial score (nSPS) is 12.3. The standard InChI is InChI=1S/C9H15N3O2/c1-5-8(6(2)12-11-5)10-7(3)9(13)14-4/h7,10H,1-4H3,(H,11,12). The van der Waals surface area contributed by atoms with Gasteiger partial charge in [0, 0.05) is 0 Å². The van der Waals surface area contributed by atoms with E-state index in [4.69, 9.17) is 0 Å². The molecule has 0 radical (unpaired) electrons. The Kier molecular flexibility index (Phi) is 3.11. The number of ether oxygens (including phenoxy) is 1. The van der Waals surface area contributed by atoms with Gasteiger partial charge in [-0.05, 0) is 20.8 Å². The highest BCUT2D eigenvalue weighted by Crippen LogP contribution is 2.17. The number of anilines is 1. The number of H-pyrrole nitrogens is 1. The Bertz CT molecular complexity index is 313. The predicted molar refractivity (Wildman–Crippen MR) is 53.2 cm³/mol. The first-order valence-electron chi connectivity index (χ1n) is 4.42. The molecule has 78 valence electrons. The van der Waals surface area contributed by atoms with Gasteiger partial charge in [-0.2, -0.15) is 5.10 Å². The van der Waals surface area contributed by atoms with Crippen LogP contribution in [0.4, 0.5) is 5.69 Å². The molecular formula is C9H15N3O2. The van der Waals surface area contributed by atoms with E-state index in [-0.39, 0.29) is 12.0 Å². The molecule has 1 rings (SSSR count). The van der Waals surface area contributed by atoms with Crippen LogP contribution in [0.25, 0.3) is 0 Å². The Labute approximate surface area is 82.8 Å². The summed E-state index contributed by atoms with van der Waals surface area (Å²) in [5.41, 5.74) is 2.62. The van der Waals surface area contributed by atoms with Gasteiger partial charge in [-0.25, -0.2) is 4.79 Å². The molecule has 1 heterocycles. The van der Waals surface area contributed by atoms with Gasteiger partial charge in [-0.3, -0.25) is 5.10 Å². The van der Waals surface area contributed by atoms with Crippen LogP contribution in [0, 0.1) is 13.8 Å². The first-order chi connectivity index (χ1) is 6.56. The summed E-state index contributed by atoms with van der Waals surface area (Å²) in [4.78, 5) is 11.1. The van der Waals surface area contributed by atoms with Gasteiger partial charge in [0.2, 0.25) is 0 Å². The minimum Gasteiger partial charge on any atom is -0.467 e. The van der Waals surface area contributed by atoms with Crippen LogP contribution in [0.15, 0.2) is 0 Å². The SMILES string of the molecule is COC(=O)C(C)Nc1c(C)n[nH]c1C. The van der Waals surface area contributed by atoms with Crippen LogP contribution in [0.2, 0.25) is 0 Å².